The first-order valence-electron chi connectivity index (χ1n) is 5.79. The topological polar surface area (TPSA) is 73.3 Å². The molecule has 3 aromatic rings. The van der Waals surface area contributed by atoms with Crippen LogP contribution in [0.3, 0.4) is 0 Å². The lowest BCUT2D eigenvalue weighted by atomic mass is 10.0. The number of hydrogen-bond donors (Lipinski definition) is 3. The minimum absolute atomic E-state index is 0.0981. The molecule has 0 atom stereocenters. The molecule has 19 heavy (non-hydrogen) atoms. The van der Waals surface area contributed by atoms with Crippen molar-refractivity contribution in [3.63, 3.8) is 0 Å². The fraction of sp³-hybridized carbons (Fsp3) is 0.0714. The van der Waals surface area contributed by atoms with E-state index in [-0.39, 0.29) is 22.1 Å². The molecule has 0 saturated carbocycles. The summed E-state index contributed by atoms with van der Waals surface area (Å²) in [6, 6.07) is 5.03. The molecule has 4 rings (SSSR count). The van der Waals surface area contributed by atoms with Crippen LogP contribution in [0.25, 0.3) is 21.7 Å². The number of H-pyrrole nitrogens is 1. The molecule has 0 aliphatic heterocycles. The SMILES string of the molecule is O=c1[nH]c2cc(O)c(Cl)c(O)c2c2c3c(ccc12)C3. The minimum atomic E-state index is -0.251. The van der Waals surface area contributed by atoms with Crippen molar-refractivity contribution in [1.82, 2.24) is 4.98 Å². The Bertz CT molecular complexity index is 943. The summed E-state index contributed by atoms with van der Waals surface area (Å²) in [7, 11) is 0. The lowest BCUT2D eigenvalue weighted by molar-refractivity contribution is 0.455. The van der Waals surface area contributed by atoms with Gasteiger partial charge in [0.2, 0.25) is 0 Å². The molecule has 2 aromatic carbocycles. The Labute approximate surface area is 111 Å². The molecular formula is C14H8ClNO3. The van der Waals surface area contributed by atoms with E-state index >= 15 is 0 Å². The zero-order valence-corrected chi connectivity index (χ0v) is 10.4. The van der Waals surface area contributed by atoms with Gasteiger partial charge in [-0.1, -0.05) is 17.7 Å². The number of aromatic nitrogens is 1. The van der Waals surface area contributed by atoms with Crippen LogP contribution in [0.4, 0.5) is 0 Å². The summed E-state index contributed by atoms with van der Waals surface area (Å²) in [5.74, 6) is -0.447. The Morgan fingerprint density at radius 2 is 2.00 bits per heavy atom. The van der Waals surface area contributed by atoms with Gasteiger partial charge < -0.3 is 15.2 Å². The third kappa shape index (κ3) is 1.26. The smallest absolute Gasteiger partial charge is 0.256 e. The predicted molar refractivity (Wildman–Crippen MR) is 73.2 cm³/mol. The third-order valence-corrected chi connectivity index (χ3v) is 3.99. The summed E-state index contributed by atoms with van der Waals surface area (Å²) < 4.78 is 0. The zero-order chi connectivity index (χ0) is 13.3. The van der Waals surface area contributed by atoms with Crippen LogP contribution < -0.4 is 5.56 Å². The van der Waals surface area contributed by atoms with Gasteiger partial charge in [0, 0.05) is 16.8 Å². The number of phenolic OH excluding ortho intramolecular Hbond substituents is 2. The molecule has 0 saturated heterocycles. The number of fused-ring (bicyclic) bond motifs is 5. The first kappa shape index (κ1) is 10.7. The van der Waals surface area contributed by atoms with Crippen molar-refractivity contribution >= 4 is 33.3 Å². The fourth-order valence-corrected chi connectivity index (χ4v) is 2.78. The van der Waals surface area contributed by atoms with Crippen LogP contribution in [0.15, 0.2) is 23.0 Å². The molecule has 0 radical (unpaired) electrons. The highest BCUT2D eigenvalue weighted by Crippen LogP contribution is 2.45. The average Bonchev–Trinajstić information content (AvgIpc) is 3.15. The molecular weight excluding hydrogens is 266 g/mol. The molecule has 1 heterocycles. The van der Waals surface area contributed by atoms with E-state index in [1.807, 2.05) is 6.07 Å². The summed E-state index contributed by atoms with van der Waals surface area (Å²) in [5, 5.41) is 21.4. The number of benzene rings is 2. The second-order valence-corrected chi connectivity index (χ2v) is 5.12. The second-order valence-electron chi connectivity index (χ2n) is 4.74. The third-order valence-electron chi connectivity index (χ3n) is 3.61. The molecule has 0 unspecified atom stereocenters. The molecule has 4 nitrogen and oxygen atoms in total. The lowest BCUT2D eigenvalue weighted by Crippen LogP contribution is -2.06. The van der Waals surface area contributed by atoms with Crippen molar-refractivity contribution < 1.29 is 10.2 Å². The van der Waals surface area contributed by atoms with E-state index in [9.17, 15) is 15.0 Å². The van der Waals surface area contributed by atoms with Crippen molar-refractivity contribution in [3.05, 3.63) is 44.7 Å². The summed E-state index contributed by atoms with van der Waals surface area (Å²) in [6.45, 7) is 0. The van der Waals surface area contributed by atoms with Gasteiger partial charge in [-0.2, -0.15) is 0 Å². The van der Waals surface area contributed by atoms with Crippen molar-refractivity contribution in [1.29, 1.82) is 0 Å². The number of pyridine rings is 1. The Morgan fingerprint density at radius 1 is 1.21 bits per heavy atom. The van der Waals surface area contributed by atoms with Crippen molar-refractivity contribution in [2.75, 3.05) is 0 Å². The van der Waals surface area contributed by atoms with Gasteiger partial charge in [0.1, 0.15) is 16.5 Å². The maximum absolute atomic E-state index is 12.0. The Morgan fingerprint density at radius 3 is 2.79 bits per heavy atom. The van der Waals surface area contributed by atoms with Gasteiger partial charge in [-0.05, 0) is 23.6 Å². The number of rotatable bonds is 0. The largest absolute Gasteiger partial charge is 0.506 e. The molecule has 5 heteroatoms. The highest BCUT2D eigenvalue weighted by atomic mass is 35.5. The minimum Gasteiger partial charge on any atom is -0.506 e. The summed E-state index contributed by atoms with van der Waals surface area (Å²) in [4.78, 5) is 14.7. The van der Waals surface area contributed by atoms with Crippen LogP contribution in [0.5, 0.6) is 11.5 Å². The molecule has 0 fully saturated rings. The molecule has 0 bridgehead atoms. The molecule has 3 N–H and O–H groups in total. The number of nitrogens with one attached hydrogen (secondary N) is 1. The molecule has 1 aliphatic carbocycles. The quantitative estimate of drug-likeness (QED) is 0.431. The van der Waals surface area contributed by atoms with Crippen LogP contribution in [0, 0.1) is 0 Å². The number of hydrogen-bond acceptors (Lipinski definition) is 3. The average molecular weight is 274 g/mol. The van der Waals surface area contributed by atoms with E-state index < -0.39 is 0 Å². The number of aromatic amines is 1. The molecule has 1 aliphatic rings. The van der Waals surface area contributed by atoms with Crippen LogP contribution in [-0.2, 0) is 6.42 Å². The van der Waals surface area contributed by atoms with E-state index in [0.717, 1.165) is 17.4 Å². The van der Waals surface area contributed by atoms with Gasteiger partial charge in [0.05, 0.1) is 10.9 Å². The molecule has 0 spiro atoms. The number of aromatic hydroxyl groups is 2. The van der Waals surface area contributed by atoms with Gasteiger partial charge in [0.15, 0.2) is 0 Å². The van der Waals surface area contributed by atoms with Gasteiger partial charge in [0.25, 0.3) is 5.56 Å². The second kappa shape index (κ2) is 3.22. The van der Waals surface area contributed by atoms with E-state index in [0.29, 0.717) is 16.3 Å². The fourth-order valence-electron chi connectivity index (χ4n) is 2.63. The van der Waals surface area contributed by atoms with E-state index in [1.165, 1.54) is 11.6 Å². The lowest BCUT2D eigenvalue weighted by Gasteiger charge is -2.08. The van der Waals surface area contributed by atoms with E-state index in [4.69, 9.17) is 11.6 Å². The van der Waals surface area contributed by atoms with Gasteiger partial charge in [-0.15, -0.1) is 0 Å². The van der Waals surface area contributed by atoms with E-state index in [2.05, 4.69) is 4.98 Å². The maximum atomic E-state index is 12.0. The first-order valence-corrected chi connectivity index (χ1v) is 6.16. The van der Waals surface area contributed by atoms with Gasteiger partial charge in [-0.3, -0.25) is 4.79 Å². The normalized spacial score (nSPS) is 12.9. The van der Waals surface area contributed by atoms with Crippen LogP contribution >= 0.6 is 11.6 Å². The molecule has 0 amide bonds. The summed E-state index contributed by atoms with van der Waals surface area (Å²) >= 11 is 5.87. The highest BCUT2D eigenvalue weighted by Gasteiger charge is 2.25. The van der Waals surface area contributed by atoms with Crippen molar-refractivity contribution in [3.8, 4) is 11.5 Å². The zero-order valence-electron chi connectivity index (χ0n) is 9.62. The predicted octanol–water partition coefficient (Wildman–Crippen LogP) is 2.65. The van der Waals surface area contributed by atoms with Crippen molar-refractivity contribution in [2.45, 2.75) is 6.42 Å². The van der Waals surface area contributed by atoms with E-state index in [1.54, 1.807) is 6.07 Å². The Hall–Kier alpha value is -2.20. The van der Waals surface area contributed by atoms with Crippen LogP contribution in [-0.4, -0.2) is 15.2 Å². The first-order chi connectivity index (χ1) is 9.08. The Balaban J connectivity index is 2.39. The van der Waals surface area contributed by atoms with Crippen molar-refractivity contribution in [2.24, 2.45) is 0 Å². The van der Waals surface area contributed by atoms with Crippen LogP contribution in [0.2, 0.25) is 5.02 Å². The standard InChI is InChI=1S/C14H8ClNO3/c15-12-9(17)4-8-11(13(12)18)10-6(14(19)16-8)2-1-5-3-7(5)10/h1-2,4,17-18H,3H2,(H,16,19). The molecule has 94 valence electrons. The van der Waals surface area contributed by atoms with Gasteiger partial charge in [-0.25, -0.2) is 0 Å². The number of halogens is 1. The summed E-state index contributed by atoms with van der Waals surface area (Å²) in [5.41, 5.74) is 2.38. The monoisotopic (exact) mass is 273 g/mol. The molecule has 1 aromatic heterocycles. The van der Waals surface area contributed by atoms with Crippen LogP contribution in [0.1, 0.15) is 11.1 Å². The number of phenols is 2. The summed E-state index contributed by atoms with van der Waals surface area (Å²) in [6.07, 6.45) is 0.819. The Kier molecular flexibility index (Phi) is 1.81. The highest BCUT2D eigenvalue weighted by molar-refractivity contribution is 6.35. The maximum Gasteiger partial charge on any atom is 0.256 e. The van der Waals surface area contributed by atoms with Gasteiger partial charge >= 0.3 is 0 Å².